The Labute approximate surface area is 212 Å². The molecule has 0 aliphatic heterocycles. The Hall–Kier alpha value is -4.09. The van der Waals surface area contributed by atoms with Crippen molar-refractivity contribution in [2.75, 3.05) is 0 Å². The van der Waals surface area contributed by atoms with Gasteiger partial charge in [-0.05, 0) is 55.5 Å². The Kier molecular flexibility index (Phi) is 7.09. The Bertz CT molecular complexity index is 1630. The molecule has 7 nitrogen and oxygen atoms in total. The normalized spacial score (nSPS) is 13.0. The first kappa shape index (κ1) is 27.0. The molecule has 14 heteroatoms. The van der Waals surface area contributed by atoms with E-state index in [-0.39, 0.29) is 28.2 Å². The minimum Gasteiger partial charge on any atom is -0.435 e. The van der Waals surface area contributed by atoms with E-state index in [0.29, 0.717) is 18.0 Å². The Morgan fingerprint density at radius 3 is 2.32 bits per heavy atom. The molecule has 0 bridgehead atoms. The fraction of sp³-hybridized carbons (Fsp3) is 0.167. The van der Waals surface area contributed by atoms with Crippen LogP contribution in [0.5, 0.6) is 5.75 Å². The number of halogens is 6. The summed E-state index contributed by atoms with van der Waals surface area (Å²) in [4.78, 5) is 3.50. The molecular formula is C24H16F6N4O3S. The highest BCUT2D eigenvalue weighted by molar-refractivity contribution is 7.89. The smallest absolute Gasteiger partial charge is 0.404 e. The number of fused-ring (bicyclic) bond motifs is 1. The van der Waals surface area contributed by atoms with Crippen LogP contribution in [0.2, 0.25) is 0 Å². The number of nitriles is 1. The zero-order valence-corrected chi connectivity index (χ0v) is 20.0. The minimum atomic E-state index is -4.81. The van der Waals surface area contributed by atoms with E-state index in [2.05, 4.69) is 9.72 Å². The molecule has 0 spiro atoms. The number of nitrogens with one attached hydrogen (secondary N) is 1. The number of sulfonamides is 1. The van der Waals surface area contributed by atoms with E-state index < -0.39 is 39.6 Å². The summed E-state index contributed by atoms with van der Waals surface area (Å²) in [5, 5.41) is 10.2. The summed E-state index contributed by atoms with van der Waals surface area (Å²) in [6, 6.07) is 10.7. The van der Waals surface area contributed by atoms with Gasteiger partial charge in [-0.2, -0.15) is 31.9 Å². The fourth-order valence-corrected chi connectivity index (χ4v) is 4.88. The second kappa shape index (κ2) is 9.99. The highest BCUT2D eigenvalue weighted by atomic mass is 32.2. The predicted octanol–water partition coefficient (Wildman–Crippen LogP) is 5.53. The molecule has 0 saturated carbocycles. The van der Waals surface area contributed by atoms with Gasteiger partial charge < -0.3 is 9.30 Å². The lowest BCUT2D eigenvalue weighted by Gasteiger charge is -2.17. The van der Waals surface area contributed by atoms with E-state index in [1.165, 1.54) is 45.7 Å². The van der Waals surface area contributed by atoms with E-state index in [1.807, 2.05) is 6.07 Å². The quantitative estimate of drug-likeness (QED) is 0.303. The van der Waals surface area contributed by atoms with Gasteiger partial charge >= 0.3 is 12.8 Å². The van der Waals surface area contributed by atoms with Crippen molar-refractivity contribution in [1.82, 2.24) is 14.3 Å². The van der Waals surface area contributed by atoms with Crippen LogP contribution in [0.25, 0.3) is 28.0 Å². The molecule has 4 aromatic rings. The third-order valence-corrected chi connectivity index (χ3v) is 7.00. The number of benzene rings is 2. The van der Waals surface area contributed by atoms with Gasteiger partial charge in [0.05, 0.1) is 22.5 Å². The zero-order chi connectivity index (χ0) is 27.8. The molecule has 38 heavy (non-hydrogen) atoms. The summed E-state index contributed by atoms with van der Waals surface area (Å²) in [6.45, 7) is -2.48. The number of pyridine rings is 1. The first-order valence-corrected chi connectivity index (χ1v) is 12.1. The standard InChI is InChI=1S/C24H16F6N4O3S/c1-13(24(28,29)30)33-38(35,36)17-7-9-20(32-12-17)22-19(11-31)18-8-6-16(37-23(26)27)10-21(18)34(22)15-4-2-14(25)3-5-15/h2-10,12-13,23,33H,1H3. The van der Waals surface area contributed by atoms with Crippen LogP contribution in [0.1, 0.15) is 12.5 Å². The number of rotatable bonds is 7. The summed E-state index contributed by atoms with van der Waals surface area (Å²) in [5.74, 6) is -0.786. The molecule has 0 amide bonds. The van der Waals surface area contributed by atoms with Gasteiger partial charge in [-0.1, -0.05) is 0 Å². The second-order valence-electron chi connectivity index (χ2n) is 7.97. The first-order chi connectivity index (χ1) is 17.8. The minimum absolute atomic E-state index is 0.0276. The van der Waals surface area contributed by atoms with Crippen molar-refractivity contribution in [2.24, 2.45) is 0 Å². The molecule has 2 aromatic heterocycles. The number of aromatic nitrogens is 2. The molecule has 4 rings (SSSR count). The zero-order valence-electron chi connectivity index (χ0n) is 19.2. The van der Waals surface area contributed by atoms with Crippen LogP contribution in [0.3, 0.4) is 0 Å². The van der Waals surface area contributed by atoms with Crippen LogP contribution in [0, 0.1) is 17.1 Å². The third-order valence-electron chi connectivity index (χ3n) is 5.47. The van der Waals surface area contributed by atoms with Crippen LogP contribution >= 0.6 is 0 Å². The maximum Gasteiger partial charge on any atom is 0.404 e. The molecule has 0 aliphatic rings. The van der Waals surface area contributed by atoms with E-state index in [9.17, 15) is 40.0 Å². The SMILES string of the molecule is CC(NS(=O)(=O)c1ccc(-c2c(C#N)c3ccc(OC(F)F)cc3n2-c2ccc(F)cc2)nc1)C(F)(F)F. The molecule has 198 valence electrons. The van der Waals surface area contributed by atoms with Crippen LogP contribution in [0.15, 0.2) is 65.7 Å². The number of ether oxygens (including phenoxy) is 1. The first-order valence-electron chi connectivity index (χ1n) is 10.7. The molecule has 1 unspecified atom stereocenters. The third kappa shape index (κ3) is 5.29. The average molecular weight is 554 g/mol. The van der Waals surface area contributed by atoms with Gasteiger partial charge in [0.15, 0.2) is 0 Å². The van der Waals surface area contributed by atoms with Crippen LogP contribution in [-0.4, -0.2) is 36.8 Å². The van der Waals surface area contributed by atoms with E-state index in [1.54, 1.807) is 0 Å². The van der Waals surface area contributed by atoms with Gasteiger partial charge in [-0.25, -0.2) is 12.8 Å². The van der Waals surface area contributed by atoms with Gasteiger partial charge in [-0.3, -0.25) is 4.98 Å². The molecule has 0 saturated heterocycles. The summed E-state index contributed by atoms with van der Waals surface area (Å²) >= 11 is 0. The highest BCUT2D eigenvalue weighted by Crippen LogP contribution is 2.37. The van der Waals surface area contributed by atoms with Crippen molar-refractivity contribution in [3.63, 3.8) is 0 Å². The van der Waals surface area contributed by atoms with Crippen molar-refractivity contribution < 1.29 is 39.5 Å². The maximum absolute atomic E-state index is 13.6. The van der Waals surface area contributed by atoms with Crippen LogP contribution < -0.4 is 9.46 Å². The van der Waals surface area contributed by atoms with Crippen molar-refractivity contribution in [3.05, 3.63) is 72.2 Å². The van der Waals surface area contributed by atoms with Crippen molar-refractivity contribution in [2.45, 2.75) is 30.6 Å². The summed E-state index contributed by atoms with van der Waals surface area (Å²) in [5.41, 5.74) is 0.687. The predicted molar refractivity (Wildman–Crippen MR) is 124 cm³/mol. The molecule has 1 atom stereocenters. The van der Waals surface area contributed by atoms with Gasteiger partial charge in [0.1, 0.15) is 28.6 Å². The monoisotopic (exact) mass is 554 g/mol. The summed E-state index contributed by atoms with van der Waals surface area (Å²) < 4.78 is 110. The van der Waals surface area contributed by atoms with Crippen LogP contribution in [0.4, 0.5) is 26.3 Å². The lowest BCUT2D eigenvalue weighted by molar-refractivity contribution is -0.147. The number of hydrogen-bond donors (Lipinski definition) is 1. The van der Waals surface area contributed by atoms with Crippen molar-refractivity contribution >= 4 is 20.9 Å². The van der Waals surface area contributed by atoms with E-state index >= 15 is 0 Å². The van der Waals surface area contributed by atoms with E-state index in [4.69, 9.17) is 0 Å². The Morgan fingerprint density at radius 1 is 1.08 bits per heavy atom. The molecule has 1 N–H and O–H groups in total. The Morgan fingerprint density at radius 2 is 1.76 bits per heavy atom. The molecule has 2 aromatic carbocycles. The topological polar surface area (TPSA) is 97.0 Å². The highest BCUT2D eigenvalue weighted by Gasteiger charge is 2.39. The lowest BCUT2D eigenvalue weighted by atomic mass is 10.1. The number of alkyl halides is 5. The number of nitrogens with zero attached hydrogens (tertiary/aromatic N) is 3. The average Bonchev–Trinajstić information content (AvgIpc) is 3.17. The summed E-state index contributed by atoms with van der Waals surface area (Å²) in [6.07, 6.45) is -4.00. The largest absolute Gasteiger partial charge is 0.435 e. The van der Waals surface area contributed by atoms with Crippen molar-refractivity contribution in [1.29, 1.82) is 5.26 Å². The van der Waals surface area contributed by atoms with Gasteiger partial charge in [0.25, 0.3) is 0 Å². The molecule has 0 radical (unpaired) electrons. The van der Waals surface area contributed by atoms with E-state index in [0.717, 1.165) is 24.4 Å². The molecule has 2 heterocycles. The summed E-state index contributed by atoms with van der Waals surface area (Å²) in [7, 11) is -4.60. The Balaban J connectivity index is 1.90. The van der Waals surface area contributed by atoms with Gasteiger partial charge in [0, 0.05) is 23.3 Å². The van der Waals surface area contributed by atoms with Gasteiger partial charge in [0.2, 0.25) is 10.0 Å². The maximum atomic E-state index is 13.6. The lowest BCUT2D eigenvalue weighted by Crippen LogP contribution is -2.42. The molecule has 0 fully saturated rings. The fourth-order valence-electron chi connectivity index (χ4n) is 3.70. The van der Waals surface area contributed by atoms with Crippen molar-refractivity contribution in [3.8, 4) is 28.9 Å². The van der Waals surface area contributed by atoms with Crippen LogP contribution in [-0.2, 0) is 10.0 Å². The molecule has 0 aliphatic carbocycles. The second-order valence-corrected chi connectivity index (χ2v) is 9.68. The number of hydrogen-bond acceptors (Lipinski definition) is 5. The molecular weight excluding hydrogens is 538 g/mol. The van der Waals surface area contributed by atoms with Gasteiger partial charge in [-0.15, -0.1) is 0 Å².